The van der Waals surface area contributed by atoms with Crippen LogP contribution in [0.5, 0.6) is 0 Å². The second kappa shape index (κ2) is 12.3. The van der Waals surface area contributed by atoms with E-state index in [9.17, 15) is 10.0 Å². The van der Waals surface area contributed by atoms with Crippen LogP contribution in [0.1, 0.15) is 0 Å². The Labute approximate surface area is 293 Å². The highest BCUT2D eigenvalue weighted by Crippen LogP contribution is 2.37. The van der Waals surface area contributed by atoms with Gasteiger partial charge in [-0.05, 0) is 69.7 Å². The fourth-order valence-corrected chi connectivity index (χ4v) is 7.71. The zero-order valence-corrected chi connectivity index (χ0v) is 28.0. The summed E-state index contributed by atoms with van der Waals surface area (Å²) in [5.74, 6) is 0.602. The number of fused-ring (bicyclic) bond motifs is 6. The van der Waals surface area contributed by atoms with Gasteiger partial charge < -0.3 is 10.0 Å². The van der Waals surface area contributed by atoms with E-state index in [1.807, 2.05) is 36.6 Å². The number of nitrogens with zero attached hydrogens (tertiary/aromatic N) is 3. The van der Waals surface area contributed by atoms with Crippen molar-refractivity contribution in [3.8, 4) is 39.5 Å². The lowest BCUT2D eigenvalue weighted by Crippen LogP contribution is -2.31. The SMILES string of the molecule is CSc1ccc(-c2ccc3c(c2)c2ccccc2n3-c2nc(-c3ccc(-c4ccccc4)cc3)c3ccc4ccccc4c3n2)cc1B(O)O. The van der Waals surface area contributed by atoms with Crippen LogP contribution >= 0.6 is 11.8 Å². The van der Waals surface area contributed by atoms with Crippen molar-refractivity contribution in [3.05, 3.63) is 152 Å². The Kier molecular flexibility index (Phi) is 7.47. The molecule has 50 heavy (non-hydrogen) atoms. The summed E-state index contributed by atoms with van der Waals surface area (Å²) in [5.41, 5.74) is 9.53. The second-order valence-corrected chi connectivity index (χ2v) is 13.3. The number of hydrogen-bond donors (Lipinski definition) is 2. The first-order valence-corrected chi connectivity index (χ1v) is 17.7. The first kappa shape index (κ1) is 30.3. The van der Waals surface area contributed by atoms with Crippen molar-refractivity contribution in [2.24, 2.45) is 0 Å². The third-order valence-electron chi connectivity index (χ3n) is 9.56. The van der Waals surface area contributed by atoms with Gasteiger partial charge >= 0.3 is 7.12 Å². The van der Waals surface area contributed by atoms with E-state index in [0.29, 0.717) is 11.4 Å². The van der Waals surface area contributed by atoms with Crippen LogP contribution in [-0.4, -0.2) is 38.0 Å². The van der Waals surface area contributed by atoms with Crippen molar-refractivity contribution in [2.75, 3.05) is 6.26 Å². The number of para-hydroxylation sites is 1. The highest BCUT2D eigenvalue weighted by molar-refractivity contribution is 7.98. The zero-order valence-electron chi connectivity index (χ0n) is 27.2. The molecule has 0 aliphatic heterocycles. The summed E-state index contributed by atoms with van der Waals surface area (Å²) in [4.78, 5) is 11.5. The molecule has 0 radical (unpaired) electrons. The Morgan fingerprint density at radius 2 is 1.16 bits per heavy atom. The maximum Gasteiger partial charge on any atom is 0.489 e. The number of aromatic nitrogens is 3. The summed E-state index contributed by atoms with van der Waals surface area (Å²) in [5, 5.41) is 25.5. The lowest BCUT2D eigenvalue weighted by molar-refractivity contribution is 0.425. The van der Waals surface area contributed by atoms with Gasteiger partial charge in [-0.2, -0.15) is 0 Å². The molecule has 7 heteroatoms. The van der Waals surface area contributed by atoms with E-state index in [2.05, 4.69) is 126 Å². The van der Waals surface area contributed by atoms with E-state index < -0.39 is 7.12 Å². The summed E-state index contributed by atoms with van der Waals surface area (Å²) in [6, 6.07) is 52.3. The summed E-state index contributed by atoms with van der Waals surface area (Å²) in [7, 11) is -1.55. The Morgan fingerprint density at radius 3 is 1.96 bits per heavy atom. The maximum atomic E-state index is 10.1. The van der Waals surface area contributed by atoms with E-state index in [4.69, 9.17) is 9.97 Å². The van der Waals surface area contributed by atoms with Crippen molar-refractivity contribution < 1.29 is 10.0 Å². The summed E-state index contributed by atoms with van der Waals surface area (Å²) in [6.07, 6.45) is 1.94. The van der Waals surface area contributed by atoms with E-state index in [1.54, 1.807) is 0 Å². The standard InChI is InChI=1S/C43H30BN3O2S/c1-50-40-24-21-32(26-37(40)44(48)49)31-20-23-39-36(25-31)34-13-7-8-14-38(34)47(39)43-45-41(30-17-15-28(16-18-30)27-9-3-2-4-10-27)35-22-19-29-11-5-6-12-33(29)42(35)46-43/h2-26,48-49H,1H3. The van der Waals surface area contributed by atoms with Crippen LogP contribution in [0.2, 0.25) is 0 Å². The minimum Gasteiger partial charge on any atom is -0.423 e. The van der Waals surface area contributed by atoms with Crippen molar-refractivity contribution in [3.63, 3.8) is 0 Å². The molecule has 0 amide bonds. The third-order valence-corrected chi connectivity index (χ3v) is 10.4. The number of thioether (sulfide) groups is 1. The molecule has 0 aliphatic rings. The molecule has 2 aromatic heterocycles. The first-order chi connectivity index (χ1) is 24.6. The van der Waals surface area contributed by atoms with Gasteiger partial charge in [-0.1, -0.05) is 121 Å². The predicted molar refractivity (Wildman–Crippen MR) is 209 cm³/mol. The number of rotatable bonds is 6. The third kappa shape index (κ3) is 5.06. The predicted octanol–water partition coefficient (Wildman–Crippen LogP) is 9.28. The molecule has 2 heterocycles. The highest BCUT2D eigenvalue weighted by atomic mass is 32.2. The Hall–Kier alpha value is -5.73. The summed E-state index contributed by atoms with van der Waals surface area (Å²) >= 11 is 1.50. The number of benzene rings is 7. The molecule has 238 valence electrons. The van der Waals surface area contributed by atoms with Gasteiger partial charge in [-0.25, -0.2) is 9.97 Å². The van der Waals surface area contributed by atoms with Crippen LogP contribution in [0.15, 0.2) is 157 Å². The van der Waals surface area contributed by atoms with Gasteiger partial charge in [0.15, 0.2) is 0 Å². The van der Waals surface area contributed by atoms with Gasteiger partial charge in [0.05, 0.1) is 22.2 Å². The van der Waals surface area contributed by atoms with E-state index >= 15 is 0 Å². The molecular weight excluding hydrogens is 633 g/mol. The van der Waals surface area contributed by atoms with Crippen LogP contribution in [0.4, 0.5) is 0 Å². The van der Waals surface area contributed by atoms with Crippen LogP contribution < -0.4 is 5.46 Å². The van der Waals surface area contributed by atoms with Gasteiger partial charge in [0.25, 0.3) is 0 Å². The minimum atomic E-state index is -1.55. The Balaban J connectivity index is 1.28. The lowest BCUT2D eigenvalue weighted by Gasteiger charge is -2.14. The van der Waals surface area contributed by atoms with Crippen LogP contribution in [0.25, 0.3) is 82.9 Å². The second-order valence-electron chi connectivity index (χ2n) is 12.4. The molecular formula is C43H30BN3O2S. The van der Waals surface area contributed by atoms with E-state index in [1.165, 1.54) is 17.3 Å². The van der Waals surface area contributed by atoms with E-state index in [0.717, 1.165) is 76.3 Å². The average Bonchev–Trinajstić information content (AvgIpc) is 3.51. The average molecular weight is 664 g/mol. The van der Waals surface area contributed by atoms with Crippen molar-refractivity contribution in [1.29, 1.82) is 0 Å². The molecule has 0 aliphatic carbocycles. The normalized spacial score (nSPS) is 11.6. The lowest BCUT2D eigenvalue weighted by atomic mass is 9.79. The van der Waals surface area contributed by atoms with Crippen molar-refractivity contribution >= 4 is 67.8 Å². The molecule has 2 N–H and O–H groups in total. The van der Waals surface area contributed by atoms with Gasteiger partial charge in [-0.15, -0.1) is 11.8 Å². The summed E-state index contributed by atoms with van der Waals surface area (Å²) in [6.45, 7) is 0. The minimum absolute atomic E-state index is 0.499. The number of hydrogen-bond acceptors (Lipinski definition) is 5. The van der Waals surface area contributed by atoms with Crippen LogP contribution in [0.3, 0.4) is 0 Å². The molecule has 0 atom stereocenters. The van der Waals surface area contributed by atoms with E-state index in [-0.39, 0.29) is 0 Å². The molecule has 0 unspecified atom stereocenters. The molecule has 9 aromatic rings. The molecule has 0 saturated carbocycles. The molecule has 0 spiro atoms. The summed E-state index contributed by atoms with van der Waals surface area (Å²) < 4.78 is 2.16. The smallest absolute Gasteiger partial charge is 0.423 e. The molecule has 0 fully saturated rings. The quantitative estimate of drug-likeness (QED) is 0.105. The van der Waals surface area contributed by atoms with Gasteiger partial charge in [0.2, 0.25) is 5.95 Å². The molecule has 9 rings (SSSR count). The maximum absolute atomic E-state index is 10.1. The molecule has 5 nitrogen and oxygen atoms in total. The van der Waals surface area contributed by atoms with Crippen LogP contribution in [-0.2, 0) is 0 Å². The fourth-order valence-electron chi connectivity index (χ4n) is 7.11. The van der Waals surface area contributed by atoms with Crippen LogP contribution in [0, 0.1) is 0 Å². The van der Waals surface area contributed by atoms with Crippen molar-refractivity contribution in [1.82, 2.24) is 14.5 Å². The zero-order chi connectivity index (χ0) is 33.8. The van der Waals surface area contributed by atoms with Gasteiger partial charge in [0, 0.05) is 32.0 Å². The van der Waals surface area contributed by atoms with Gasteiger partial charge in [-0.3, -0.25) is 4.57 Å². The Morgan fingerprint density at radius 1 is 0.520 bits per heavy atom. The molecule has 7 aromatic carbocycles. The largest absolute Gasteiger partial charge is 0.489 e. The highest BCUT2D eigenvalue weighted by Gasteiger charge is 2.20. The van der Waals surface area contributed by atoms with Gasteiger partial charge in [0.1, 0.15) is 0 Å². The fraction of sp³-hybridized carbons (Fsp3) is 0.0233. The Bertz CT molecular complexity index is 2730. The molecule has 0 bridgehead atoms. The van der Waals surface area contributed by atoms with Crippen molar-refractivity contribution in [2.45, 2.75) is 4.90 Å². The molecule has 0 saturated heterocycles. The topological polar surface area (TPSA) is 71.2 Å². The monoisotopic (exact) mass is 663 g/mol. The first-order valence-electron chi connectivity index (χ1n) is 16.5.